The van der Waals surface area contributed by atoms with Crippen LogP contribution in [0.1, 0.15) is 13.8 Å². The second kappa shape index (κ2) is 7.12. The van der Waals surface area contributed by atoms with Gasteiger partial charge >= 0.3 is 0 Å². The second-order valence-corrected chi connectivity index (χ2v) is 6.94. The largest absolute Gasteiger partial charge is 0.342 e. The summed E-state index contributed by atoms with van der Waals surface area (Å²) in [6.45, 7) is 5.14. The summed E-state index contributed by atoms with van der Waals surface area (Å²) in [5, 5.41) is 2.78. The van der Waals surface area contributed by atoms with E-state index in [2.05, 4.69) is 21.2 Å². The monoisotopic (exact) mass is 381 g/mol. The summed E-state index contributed by atoms with van der Waals surface area (Å²) in [5.41, 5.74) is -0.527. The van der Waals surface area contributed by atoms with Crippen LogP contribution in [-0.2, 0) is 14.4 Å². The zero-order valence-electron chi connectivity index (χ0n) is 13.2. The number of piperazine rings is 1. The van der Waals surface area contributed by atoms with Crippen molar-refractivity contribution in [1.82, 2.24) is 9.80 Å². The Balaban J connectivity index is 2.01. The van der Waals surface area contributed by atoms with Crippen molar-refractivity contribution < 1.29 is 14.4 Å². The van der Waals surface area contributed by atoms with E-state index in [4.69, 9.17) is 0 Å². The maximum atomic E-state index is 12.7. The summed E-state index contributed by atoms with van der Waals surface area (Å²) in [7, 11) is 0. The molecular weight excluding hydrogens is 362 g/mol. The number of rotatable bonds is 4. The van der Waals surface area contributed by atoms with Crippen molar-refractivity contribution in [2.75, 3.05) is 31.5 Å². The first-order chi connectivity index (χ1) is 10.8. The van der Waals surface area contributed by atoms with Crippen molar-refractivity contribution in [2.45, 2.75) is 13.8 Å². The molecule has 1 saturated heterocycles. The molecule has 1 aromatic rings. The van der Waals surface area contributed by atoms with Crippen LogP contribution >= 0.6 is 15.9 Å². The van der Waals surface area contributed by atoms with Gasteiger partial charge in [0.2, 0.25) is 18.2 Å². The fraction of sp³-hybridized carbons (Fsp3) is 0.438. The third-order valence-corrected chi connectivity index (χ3v) is 4.48. The van der Waals surface area contributed by atoms with Crippen LogP contribution in [0.25, 0.3) is 0 Å². The molecule has 0 aromatic heterocycles. The predicted molar refractivity (Wildman–Crippen MR) is 90.8 cm³/mol. The van der Waals surface area contributed by atoms with Gasteiger partial charge in [0, 0.05) is 36.3 Å². The molecule has 0 saturated carbocycles. The van der Waals surface area contributed by atoms with Gasteiger partial charge in [0.1, 0.15) is 5.41 Å². The van der Waals surface area contributed by atoms with Gasteiger partial charge in [0.05, 0.1) is 0 Å². The fourth-order valence-corrected chi connectivity index (χ4v) is 2.61. The van der Waals surface area contributed by atoms with Crippen molar-refractivity contribution in [2.24, 2.45) is 5.41 Å². The van der Waals surface area contributed by atoms with Crippen LogP contribution in [0.3, 0.4) is 0 Å². The molecule has 23 heavy (non-hydrogen) atoms. The van der Waals surface area contributed by atoms with Gasteiger partial charge in [0.15, 0.2) is 0 Å². The highest BCUT2D eigenvalue weighted by molar-refractivity contribution is 9.10. The third-order valence-electron chi connectivity index (χ3n) is 3.95. The standard InChI is InChI=1S/C16H20BrN3O3/c1-16(2,14(22)18-13-5-3-12(17)4-6-13)15(23)20-9-7-19(11-21)8-10-20/h3-6,11H,7-10H2,1-2H3,(H,18,22). The number of carbonyl (C=O) groups is 3. The van der Waals surface area contributed by atoms with E-state index in [1.807, 2.05) is 12.1 Å². The predicted octanol–water partition coefficient (Wildman–Crippen LogP) is 1.71. The first kappa shape index (κ1) is 17.5. The minimum Gasteiger partial charge on any atom is -0.342 e. The molecule has 1 aliphatic heterocycles. The number of halogens is 1. The van der Waals surface area contributed by atoms with E-state index in [0.717, 1.165) is 10.9 Å². The second-order valence-electron chi connectivity index (χ2n) is 6.02. The average Bonchev–Trinajstić information content (AvgIpc) is 2.56. The summed E-state index contributed by atoms with van der Waals surface area (Å²) < 4.78 is 0.916. The maximum absolute atomic E-state index is 12.7. The molecule has 0 radical (unpaired) electrons. The van der Waals surface area contributed by atoms with Crippen LogP contribution in [-0.4, -0.2) is 54.2 Å². The summed E-state index contributed by atoms with van der Waals surface area (Å²) in [5.74, 6) is -0.569. The van der Waals surface area contributed by atoms with Gasteiger partial charge in [-0.05, 0) is 38.1 Å². The van der Waals surface area contributed by atoms with Gasteiger partial charge in [0.25, 0.3) is 0 Å². The quantitative estimate of drug-likeness (QED) is 0.637. The average molecular weight is 382 g/mol. The molecule has 1 fully saturated rings. The highest BCUT2D eigenvalue weighted by atomic mass is 79.9. The lowest BCUT2D eigenvalue weighted by Crippen LogP contribution is -2.54. The van der Waals surface area contributed by atoms with Crippen LogP contribution in [0.5, 0.6) is 0 Å². The molecule has 0 spiro atoms. The molecule has 6 nitrogen and oxygen atoms in total. The zero-order chi connectivity index (χ0) is 17.0. The molecule has 0 unspecified atom stereocenters. The Bertz CT molecular complexity index is 593. The first-order valence-corrected chi connectivity index (χ1v) is 8.19. The number of carbonyl (C=O) groups excluding carboxylic acids is 3. The fourth-order valence-electron chi connectivity index (χ4n) is 2.34. The Morgan fingerprint density at radius 3 is 2.22 bits per heavy atom. The summed E-state index contributed by atoms with van der Waals surface area (Å²) >= 11 is 3.33. The Morgan fingerprint density at radius 2 is 1.70 bits per heavy atom. The first-order valence-electron chi connectivity index (χ1n) is 7.40. The molecule has 0 aliphatic carbocycles. The molecule has 1 heterocycles. The molecule has 0 atom stereocenters. The molecule has 1 aromatic carbocycles. The number of hydrogen-bond acceptors (Lipinski definition) is 3. The number of nitrogens with one attached hydrogen (secondary N) is 1. The van der Waals surface area contributed by atoms with E-state index < -0.39 is 5.41 Å². The lowest BCUT2D eigenvalue weighted by Gasteiger charge is -2.36. The SMILES string of the molecule is CC(C)(C(=O)Nc1ccc(Br)cc1)C(=O)N1CCN(C=O)CC1. The molecule has 1 aliphatic rings. The number of amides is 3. The Morgan fingerprint density at radius 1 is 1.13 bits per heavy atom. The molecular formula is C16H20BrN3O3. The van der Waals surface area contributed by atoms with Crippen LogP contribution in [0.2, 0.25) is 0 Å². The van der Waals surface area contributed by atoms with Gasteiger partial charge < -0.3 is 15.1 Å². The number of anilines is 1. The summed E-state index contributed by atoms with van der Waals surface area (Å²) in [4.78, 5) is 39.1. The van der Waals surface area contributed by atoms with Gasteiger partial charge in [-0.15, -0.1) is 0 Å². The van der Waals surface area contributed by atoms with Gasteiger partial charge in [-0.3, -0.25) is 14.4 Å². The van der Waals surface area contributed by atoms with Gasteiger partial charge in [-0.1, -0.05) is 15.9 Å². The van der Waals surface area contributed by atoms with E-state index in [1.54, 1.807) is 35.8 Å². The molecule has 0 bridgehead atoms. The lowest BCUT2D eigenvalue weighted by molar-refractivity contribution is -0.148. The number of benzene rings is 1. The Kier molecular flexibility index (Phi) is 5.41. The smallest absolute Gasteiger partial charge is 0.239 e. The zero-order valence-corrected chi connectivity index (χ0v) is 14.8. The highest BCUT2D eigenvalue weighted by Crippen LogP contribution is 2.23. The maximum Gasteiger partial charge on any atom is 0.239 e. The normalized spacial score (nSPS) is 15.3. The molecule has 7 heteroatoms. The van der Waals surface area contributed by atoms with Crippen molar-refractivity contribution in [3.8, 4) is 0 Å². The van der Waals surface area contributed by atoms with E-state index >= 15 is 0 Å². The van der Waals surface area contributed by atoms with Crippen molar-refractivity contribution >= 4 is 39.8 Å². The molecule has 3 amide bonds. The lowest BCUT2D eigenvalue weighted by atomic mass is 9.89. The van der Waals surface area contributed by atoms with E-state index in [0.29, 0.717) is 31.9 Å². The van der Waals surface area contributed by atoms with E-state index in [-0.39, 0.29) is 11.8 Å². The van der Waals surface area contributed by atoms with Gasteiger partial charge in [-0.2, -0.15) is 0 Å². The minimum absolute atomic E-state index is 0.224. The van der Waals surface area contributed by atoms with Crippen LogP contribution in [0, 0.1) is 5.41 Å². The van der Waals surface area contributed by atoms with Crippen molar-refractivity contribution in [3.05, 3.63) is 28.7 Å². The summed E-state index contributed by atoms with van der Waals surface area (Å²) in [6, 6.07) is 7.18. The van der Waals surface area contributed by atoms with E-state index in [1.165, 1.54) is 0 Å². The molecule has 124 valence electrons. The third kappa shape index (κ3) is 4.10. The number of hydrogen-bond donors (Lipinski definition) is 1. The van der Waals surface area contributed by atoms with Gasteiger partial charge in [-0.25, -0.2) is 0 Å². The highest BCUT2D eigenvalue weighted by Gasteiger charge is 2.40. The summed E-state index contributed by atoms with van der Waals surface area (Å²) in [6.07, 6.45) is 0.785. The van der Waals surface area contributed by atoms with E-state index in [9.17, 15) is 14.4 Å². The molecule has 2 rings (SSSR count). The topological polar surface area (TPSA) is 69.7 Å². The number of nitrogens with zero attached hydrogens (tertiary/aromatic N) is 2. The Labute approximate surface area is 143 Å². The van der Waals surface area contributed by atoms with Crippen LogP contribution in [0.4, 0.5) is 5.69 Å². The Hall–Kier alpha value is -1.89. The van der Waals surface area contributed by atoms with Crippen molar-refractivity contribution in [1.29, 1.82) is 0 Å². The van der Waals surface area contributed by atoms with Crippen LogP contribution in [0.15, 0.2) is 28.7 Å². The van der Waals surface area contributed by atoms with Crippen LogP contribution < -0.4 is 5.32 Å². The van der Waals surface area contributed by atoms with Crippen molar-refractivity contribution in [3.63, 3.8) is 0 Å². The minimum atomic E-state index is -1.17. The molecule has 1 N–H and O–H groups in total.